The van der Waals surface area contributed by atoms with Gasteiger partial charge in [0.15, 0.2) is 0 Å². The largest absolute Gasteiger partial charge is 0.465 e. The van der Waals surface area contributed by atoms with Crippen molar-refractivity contribution in [3.63, 3.8) is 0 Å². The van der Waals surface area contributed by atoms with E-state index in [1.165, 1.54) is 26.0 Å². The topological polar surface area (TPSA) is 52.6 Å². The van der Waals surface area contributed by atoms with Gasteiger partial charge in [0.1, 0.15) is 0 Å². The Balaban J connectivity index is 2.35. The first-order chi connectivity index (χ1) is 10.5. The lowest BCUT2D eigenvalue weighted by molar-refractivity contribution is 0.0555. The van der Waals surface area contributed by atoms with Crippen molar-refractivity contribution in [3.8, 4) is 0 Å². The fourth-order valence-corrected chi connectivity index (χ4v) is 2.91. The Labute approximate surface area is 140 Å². The van der Waals surface area contributed by atoms with Crippen molar-refractivity contribution in [3.05, 3.63) is 58.1 Å². The molecule has 0 spiro atoms. The first-order valence-corrected chi connectivity index (χ1v) is 7.90. The molecule has 0 saturated heterocycles. The molecule has 0 aliphatic carbocycles. The van der Waals surface area contributed by atoms with Gasteiger partial charge in [-0.2, -0.15) is 0 Å². The third-order valence-electron chi connectivity index (χ3n) is 2.85. The molecule has 0 bridgehead atoms. The van der Waals surface area contributed by atoms with E-state index >= 15 is 0 Å². The summed E-state index contributed by atoms with van der Waals surface area (Å²) < 4.78 is 10.4. The van der Waals surface area contributed by atoms with Crippen LogP contribution >= 0.6 is 27.7 Å². The lowest BCUT2D eigenvalue weighted by atomic mass is 10.1. The molecule has 0 heterocycles. The predicted octanol–water partition coefficient (Wildman–Crippen LogP) is 4.17. The van der Waals surface area contributed by atoms with Gasteiger partial charge in [0.2, 0.25) is 0 Å². The Hall–Kier alpha value is -1.79. The maximum atomic E-state index is 11.9. The summed E-state index contributed by atoms with van der Waals surface area (Å²) in [5, 5.41) is 0. The second-order valence-corrected chi connectivity index (χ2v) is 6.31. The van der Waals surface area contributed by atoms with Gasteiger partial charge in [0.25, 0.3) is 0 Å². The van der Waals surface area contributed by atoms with Crippen molar-refractivity contribution in [2.75, 3.05) is 14.2 Å². The first kappa shape index (κ1) is 16.6. The van der Waals surface area contributed by atoms with E-state index in [2.05, 4.69) is 20.7 Å². The number of halogens is 1. The van der Waals surface area contributed by atoms with E-state index in [1.807, 2.05) is 24.3 Å². The molecule has 0 aliphatic heterocycles. The zero-order valence-corrected chi connectivity index (χ0v) is 14.4. The van der Waals surface area contributed by atoms with Crippen molar-refractivity contribution in [1.29, 1.82) is 0 Å². The van der Waals surface area contributed by atoms with Crippen LogP contribution in [0.2, 0.25) is 0 Å². The van der Waals surface area contributed by atoms with Gasteiger partial charge < -0.3 is 9.47 Å². The number of esters is 2. The molecule has 0 unspecified atom stereocenters. The Bertz CT molecular complexity index is 698. The summed E-state index contributed by atoms with van der Waals surface area (Å²) in [6.45, 7) is 0. The van der Waals surface area contributed by atoms with E-state index in [0.717, 1.165) is 14.3 Å². The molecule has 2 aromatic carbocycles. The summed E-state index contributed by atoms with van der Waals surface area (Å²) >= 11 is 4.87. The van der Waals surface area contributed by atoms with Crippen LogP contribution in [0, 0.1) is 0 Å². The molecular formula is C16H13BrO4S. The number of methoxy groups -OCH3 is 2. The lowest BCUT2D eigenvalue weighted by Gasteiger charge is -2.09. The Kier molecular flexibility index (Phi) is 5.63. The molecule has 114 valence electrons. The number of benzene rings is 2. The van der Waals surface area contributed by atoms with Crippen LogP contribution in [0.15, 0.2) is 56.7 Å². The number of hydrogen-bond acceptors (Lipinski definition) is 5. The van der Waals surface area contributed by atoms with Crippen molar-refractivity contribution >= 4 is 39.6 Å². The van der Waals surface area contributed by atoms with Crippen molar-refractivity contribution in [1.82, 2.24) is 0 Å². The Morgan fingerprint density at radius 1 is 0.864 bits per heavy atom. The average molecular weight is 381 g/mol. The zero-order valence-electron chi connectivity index (χ0n) is 12.0. The standard InChI is InChI=1S/C16H13BrO4S/c1-20-15(18)13-8-7-12(9-14(13)16(19)21-2)22-11-5-3-10(17)4-6-11/h3-9H,1-2H3. The van der Waals surface area contributed by atoms with Crippen LogP contribution in [0.5, 0.6) is 0 Å². The first-order valence-electron chi connectivity index (χ1n) is 6.29. The van der Waals surface area contributed by atoms with Gasteiger partial charge in [-0.1, -0.05) is 27.7 Å². The SMILES string of the molecule is COC(=O)c1ccc(Sc2ccc(Br)cc2)cc1C(=O)OC. The minimum absolute atomic E-state index is 0.189. The highest BCUT2D eigenvalue weighted by Gasteiger charge is 2.19. The van der Waals surface area contributed by atoms with E-state index < -0.39 is 11.9 Å². The smallest absolute Gasteiger partial charge is 0.338 e. The summed E-state index contributed by atoms with van der Waals surface area (Å²) in [6.07, 6.45) is 0. The van der Waals surface area contributed by atoms with E-state index in [9.17, 15) is 9.59 Å². The van der Waals surface area contributed by atoms with Crippen LogP contribution < -0.4 is 0 Å². The summed E-state index contributed by atoms with van der Waals surface area (Å²) in [7, 11) is 2.55. The molecule has 0 radical (unpaired) electrons. The number of ether oxygens (including phenoxy) is 2. The maximum absolute atomic E-state index is 11.9. The van der Waals surface area contributed by atoms with Crippen molar-refractivity contribution in [2.45, 2.75) is 9.79 Å². The van der Waals surface area contributed by atoms with E-state index in [4.69, 9.17) is 4.74 Å². The normalized spacial score (nSPS) is 10.1. The summed E-state index contributed by atoms with van der Waals surface area (Å²) in [5.74, 6) is -1.14. The molecular weight excluding hydrogens is 368 g/mol. The van der Waals surface area contributed by atoms with E-state index in [1.54, 1.807) is 18.2 Å². The zero-order chi connectivity index (χ0) is 16.1. The second kappa shape index (κ2) is 7.47. The lowest BCUT2D eigenvalue weighted by Crippen LogP contribution is -2.11. The van der Waals surface area contributed by atoms with Gasteiger partial charge in [0, 0.05) is 14.3 Å². The fraction of sp³-hybridized carbons (Fsp3) is 0.125. The molecule has 0 amide bonds. The number of carbonyl (C=O) groups excluding carboxylic acids is 2. The Morgan fingerprint density at radius 3 is 2.00 bits per heavy atom. The van der Waals surface area contributed by atoms with E-state index in [-0.39, 0.29) is 11.1 Å². The van der Waals surface area contributed by atoms with Gasteiger partial charge in [-0.05, 0) is 42.5 Å². The minimum Gasteiger partial charge on any atom is -0.465 e. The quantitative estimate of drug-likeness (QED) is 0.744. The summed E-state index contributed by atoms with van der Waals surface area (Å²) in [6, 6.07) is 12.8. The summed E-state index contributed by atoms with van der Waals surface area (Å²) in [4.78, 5) is 25.4. The highest BCUT2D eigenvalue weighted by Crippen LogP contribution is 2.30. The molecule has 6 heteroatoms. The third kappa shape index (κ3) is 3.90. The highest BCUT2D eigenvalue weighted by atomic mass is 79.9. The molecule has 0 N–H and O–H groups in total. The molecule has 2 aromatic rings. The van der Waals surface area contributed by atoms with Crippen molar-refractivity contribution < 1.29 is 19.1 Å². The highest BCUT2D eigenvalue weighted by molar-refractivity contribution is 9.10. The molecule has 0 aromatic heterocycles. The predicted molar refractivity (Wildman–Crippen MR) is 87.4 cm³/mol. The molecule has 2 rings (SSSR count). The summed E-state index contributed by atoms with van der Waals surface area (Å²) in [5.41, 5.74) is 0.381. The molecule has 0 saturated carbocycles. The van der Waals surface area contributed by atoms with E-state index in [0.29, 0.717) is 0 Å². The van der Waals surface area contributed by atoms with Crippen molar-refractivity contribution in [2.24, 2.45) is 0 Å². The van der Waals surface area contributed by atoms with Gasteiger partial charge in [-0.15, -0.1) is 0 Å². The molecule has 0 fully saturated rings. The number of hydrogen-bond donors (Lipinski definition) is 0. The molecule has 0 aliphatic rings. The van der Waals surface area contributed by atoms with Crippen LogP contribution in [0.4, 0.5) is 0 Å². The van der Waals surface area contributed by atoms with Crippen LogP contribution in [0.25, 0.3) is 0 Å². The minimum atomic E-state index is -0.571. The fourth-order valence-electron chi connectivity index (χ4n) is 1.79. The third-order valence-corrected chi connectivity index (χ3v) is 4.38. The Morgan fingerprint density at radius 2 is 1.41 bits per heavy atom. The number of carbonyl (C=O) groups is 2. The second-order valence-electron chi connectivity index (χ2n) is 4.25. The molecule has 0 atom stereocenters. The van der Waals surface area contributed by atoms with Crippen LogP contribution in [-0.4, -0.2) is 26.2 Å². The number of rotatable bonds is 4. The maximum Gasteiger partial charge on any atom is 0.338 e. The monoisotopic (exact) mass is 380 g/mol. The van der Waals surface area contributed by atoms with Gasteiger partial charge in [-0.3, -0.25) is 0 Å². The van der Waals surface area contributed by atoms with Crippen LogP contribution in [-0.2, 0) is 9.47 Å². The van der Waals surface area contributed by atoms with Crippen LogP contribution in [0.1, 0.15) is 20.7 Å². The van der Waals surface area contributed by atoms with Crippen LogP contribution in [0.3, 0.4) is 0 Å². The van der Waals surface area contributed by atoms with Gasteiger partial charge in [0.05, 0.1) is 25.3 Å². The molecule has 4 nitrogen and oxygen atoms in total. The van der Waals surface area contributed by atoms with Gasteiger partial charge in [-0.25, -0.2) is 9.59 Å². The average Bonchev–Trinajstić information content (AvgIpc) is 2.55. The van der Waals surface area contributed by atoms with Gasteiger partial charge >= 0.3 is 11.9 Å². The molecule has 22 heavy (non-hydrogen) atoms.